The summed E-state index contributed by atoms with van der Waals surface area (Å²) in [7, 11) is 0. The van der Waals surface area contributed by atoms with Crippen LogP contribution in [0, 0.1) is 4.77 Å². The zero-order valence-electron chi connectivity index (χ0n) is 10.8. The summed E-state index contributed by atoms with van der Waals surface area (Å²) >= 11 is 6.51. The van der Waals surface area contributed by atoms with E-state index >= 15 is 0 Å². The molecule has 5 heteroatoms. The van der Waals surface area contributed by atoms with E-state index in [9.17, 15) is 4.79 Å². The van der Waals surface area contributed by atoms with Gasteiger partial charge in [-0.25, -0.2) is 0 Å². The fourth-order valence-electron chi connectivity index (χ4n) is 2.54. The standard InChI is InChI=1S/C16H10N2OS2/c19-14-13-12(8-21-15(13)18-16(20)17-14)11-6-5-9-3-1-2-4-10(9)7-11/h1-8H,(H2,17,18,19,20). The van der Waals surface area contributed by atoms with Crippen LogP contribution in [0.15, 0.2) is 52.6 Å². The van der Waals surface area contributed by atoms with Crippen molar-refractivity contribution >= 4 is 44.5 Å². The van der Waals surface area contributed by atoms with Crippen LogP contribution in [-0.2, 0) is 0 Å². The van der Waals surface area contributed by atoms with Crippen molar-refractivity contribution in [1.82, 2.24) is 9.97 Å². The van der Waals surface area contributed by atoms with Gasteiger partial charge < -0.3 is 4.98 Å². The van der Waals surface area contributed by atoms with Gasteiger partial charge in [0.25, 0.3) is 5.56 Å². The molecule has 0 atom stereocenters. The highest BCUT2D eigenvalue weighted by molar-refractivity contribution is 7.71. The molecule has 0 saturated heterocycles. The fourth-order valence-corrected chi connectivity index (χ4v) is 3.78. The lowest BCUT2D eigenvalue weighted by Crippen LogP contribution is -2.06. The van der Waals surface area contributed by atoms with Crippen LogP contribution < -0.4 is 5.56 Å². The first kappa shape index (κ1) is 12.5. The lowest BCUT2D eigenvalue weighted by molar-refractivity contribution is 1.15. The third-order valence-electron chi connectivity index (χ3n) is 3.53. The summed E-state index contributed by atoms with van der Waals surface area (Å²) in [6, 6.07) is 14.4. The molecule has 2 N–H and O–H groups in total. The van der Waals surface area contributed by atoms with Crippen LogP contribution >= 0.6 is 23.6 Å². The Hall–Kier alpha value is -2.24. The predicted octanol–water partition coefficient (Wildman–Crippen LogP) is 4.47. The Morgan fingerprint density at radius 2 is 1.81 bits per heavy atom. The maximum absolute atomic E-state index is 12.2. The van der Waals surface area contributed by atoms with Gasteiger partial charge in [-0.2, -0.15) is 0 Å². The number of benzene rings is 2. The normalized spacial score (nSPS) is 11.2. The fraction of sp³-hybridized carbons (Fsp3) is 0. The van der Waals surface area contributed by atoms with Crippen LogP contribution in [0.3, 0.4) is 0 Å². The van der Waals surface area contributed by atoms with Gasteiger partial charge in [0.1, 0.15) is 4.83 Å². The van der Waals surface area contributed by atoms with E-state index < -0.39 is 0 Å². The second kappa shape index (κ2) is 4.65. The highest BCUT2D eigenvalue weighted by atomic mass is 32.1. The Bertz CT molecular complexity index is 1090. The summed E-state index contributed by atoms with van der Waals surface area (Å²) in [6.45, 7) is 0. The van der Waals surface area contributed by atoms with E-state index in [1.54, 1.807) is 0 Å². The summed E-state index contributed by atoms with van der Waals surface area (Å²) in [5, 5.41) is 5.02. The van der Waals surface area contributed by atoms with Gasteiger partial charge in [0, 0.05) is 10.9 Å². The Morgan fingerprint density at radius 1 is 1.00 bits per heavy atom. The molecule has 0 radical (unpaired) electrons. The molecule has 4 aromatic rings. The van der Waals surface area contributed by atoms with E-state index in [1.165, 1.54) is 16.7 Å². The van der Waals surface area contributed by atoms with Gasteiger partial charge in [0.2, 0.25) is 0 Å². The molecule has 0 aliphatic heterocycles. The monoisotopic (exact) mass is 310 g/mol. The van der Waals surface area contributed by atoms with Crippen molar-refractivity contribution in [3.63, 3.8) is 0 Å². The minimum Gasteiger partial charge on any atom is -0.323 e. The zero-order chi connectivity index (χ0) is 14.4. The largest absolute Gasteiger partial charge is 0.323 e. The minimum atomic E-state index is -0.141. The van der Waals surface area contributed by atoms with Gasteiger partial charge in [0.15, 0.2) is 4.77 Å². The summed E-state index contributed by atoms with van der Waals surface area (Å²) in [5.74, 6) is 0. The number of rotatable bonds is 1. The zero-order valence-corrected chi connectivity index (χ0v) is 12.5. The topological polar surface area (TPSA) is 48.6 Å². The van der Waals surface area contributed by atoms with E-state index in [1.807, 2.05) is 23.6 Å². The molecule has 4 rings (SSSR count). The first-order valence-corrected chi connectivity index (χ1v) is 7.74. The van der Waals surface area contributed by atoms with Crippen molar-refractivity contribution in [3.05, 3.63) is 63.0 Å². The Labute approximate surface area is 128 Å². The maximum atomic E-state index is 12.2. The molecule has 0 amide bonds. The van der Waals surface area contributed by atoms with Crippen LogP contribution in [-0.4, -0.2) is 9.97 Å². The molecular formula is C16H10N2OS2. The van der Waals surface area contributed by atoms with Gasteiger partial charge in [0.05, 0.1) is 5.39 Å². The SMILES string of the molecule is O=c1[nH]c(=S)[nH]c2scc(-c3ccc4ccccc4c3)c12. The van der Waals surface area contributed by atoms with Crippen LogP contribution in [0.25, 0.3) is 32.1 Å². The van der Waals surface area contributed by atoms with Gasteiger partial charge in [-0.15, -0.1) is 11.3 Å². The van der Waals surface area contributed by atoms with E-state index in [-0.39, 0.29) is 5.56 Å². The first-order valence-electron chi connectivity index (χ1n) is 6.45. The molecule has 3 nitrogen and oxygen atoms in total. The number of hydrogen-bond donors (Lipinski definition) is 2. The molecule has 0 spiro atoms. The minimum absolute atomic E-state index is 0.141. The van der Waals surface area contributed by atoms with Gasteiger partial charge in [-0.3, -0.25) is 9.78 Å². The molecular weight excluding hydrogens is 300 g/mol. The molecule has 0 aliphatic carbocycles. The van der Waals surface area contributed by atoms with Crippen molar-refractivity contribution < 1.29 is 0 Å². The van der Waals surface area contributed by atoms with Crippen molar-refractivity contribution in [1.29, 1.82) is 0 Å². The van der Waals surface area contributed by atoms with E-state index in [2.05, 4.69) is 34.2 Å². The molecule has 0 unspecified atom stereocenters. The van der Waals surface area contributed by atoms with Gasteiger partial charge in [-0.1, -0.05) is 36.4 Å². The van der Waals surface area contributed by atoms with Gasteiger partial charge >= 0.3 is 0 Å². The second-order valence-electron chi connectivity index (χ2n) is 4.82. The van der Waals surface area contributed by atoms with Crippen molar-refractivity contribution in [2.75, 3.05) is 0 Å². The lowest BCUT2D eigenvalue weighted by Gasteiger charge is -2.02. The lowest BCUT2D eigenvalue weighted by atomic mass is 10.0. The Balaban J connectivity index is 2.04. The number of thiophene rings is 1. The number of hydrogen-bond acceptors (Lipinski definition) is 3. The second-order valence-corrected chi connectivity index (χ2v) is 6.11. The van der Waals surface area contributed by atoms with E-state index in [4.69, 9.17) is 12.2 Å². The number of aromatic nitrogens is 2. The summed E-state index contributed by atoms with van der Waals surface area (Å²) < 4.78 is 0.361. The molecule has 2 aromatic carbocycles. The molecule has 0 aliphatic rings. The Morgan fingerprint density at radius 3 is 2.67 bits per heavy atom. The van der Waals surface area contributed by atoms with E-state index in [0.717, 1.165) is 21.3 Å². The van der Waals surface area contributed by atoms with E-state index in [0.29, 0.717) is 10.2 Å². The summed E-state index contributed by atoms with van der Waals surface area (Å²) in [5.41, 5.74) is 1.84. The number of H-pyrrole nitrogens is 2. The number of aromatic amines is 2. The summed E-state index contributed by atoms with van der Waals surface area (Å²) in [6.07, 6.45) is 0. The smallest absolute Gasteiger partial charge is 0.261 e. The van der Waals surface area contributed by atoms with Gasteiger partial charge in [-0.05, 0) is 34.6 Å². The first-order chi connectivity index (χ1) is 10.2. The highest BCUT2D eigenvalue weighted by Crippen LogP contribution is 2.32. The molecule has 0 fully saturated rings. The third-order valence-corrected chi connectivity index (χ3v) is 4.63. The quantitative estimate of drug-likeness (QED) is 0.510. The molecule has 21 heavy (non-hydrogen) atoms. The molecule has 0 bridgehead atoms. The van der Waals surface area contributed by atoms with Crippen LogP contribution in [0.4, 0.5) is 0 Å². The van der Waals surface area contributed by atoms with Crippen LogP contribution in [0.5, 0.6) is 0 Å². The molecule has 0 saturated carbocycles. The number of fused-ring (bicyclic) bond motifs is 2. The van der Waals surface area contributed by atoms with Crippen molar-refractivity contribution in [2.45, 2.75) is 0 Å². The maximum Gasteiger partial charge on any atom is 0.261 e. The average Bonchev–Trinajstić information content (AvgIpc) is 2.90. The third kappa shape index (κ3) is 2.02. The average molecular weight is 310 g/mol. The number of nitrogens with one attached hydrogen (secondary N) is 2. The molecule has 102 valence electrons. The highest BCUT2D eigenvalue weighted by Gasteiger charge is 2.11. The van der Waals surface area contributed by atoms with Crippen LogP contribution in [0.1, 0.15) is 0 Å². The Kier molecular flexibility index (Phi) is 2.77. The van der Waals surface area contributed by atoms with Crippen LogP contribution in [0.2, 0.25) is 0 Å². The molecule has 2 heterocycles. The van der Waals surface area contributed by atoms with Crippen molar-refractivity contribution in [3.8, 4) is 11.1 Å². The van der Waals surface area contributed by atoms with Crippen molar-refractivity contribution in [2.24, 2.45) is 0 Å². The summed E-state index contributed by atoms with van der Waals surface area (Å²) in [4.78, 5) is 18.7. The predicted molar refractivity (Wildman–Crippen MR) is 90.6 cm³/mol. The molecule has 2 aromatic heterocycles.